The van der Waals surface area contributed by atoms with Crippen LogP contribution >= 0.6 is 15.9 Å². The zero-order valence-corrected chi connectivity index (χ0v) is 14.2. The van der Waals surface area contributed by atoms with Crippen LogP contribution in [-0.2, 0) is 6.42 Å². The number of benzene rings is 2. The number of rotatable bonds is 7. The van der Waals surface area contributed by atoms with Crippen LogP contribution in [-0.4, -0.2) is 13.7 Å². The van der Waals surface area contributed by atoms with E-state index in [1.54, 1.807) is 7.11 Å². The fraction of sp³-hybridized carbons (Fsp3) is 0.333. The molecule has 0 amide bonds. The molecule has 0 aliphatic heterocycles. The minimum atomic E-state index is 0.291. The Morgan fingerprint density at radius 1 is 1.14 bits per heavy atom. The van der Waals surface area contributed by atoms with E-state index in [1.165, 1.54) is 11.1 Å². The summed E-state index contributed by atoms with van der Waals surface area (Å²) in [4.78, 5) is 0. The van der Waals surface area contributed by atoms with Crippen LogP contribution in [0.1, 0.15) is 30.5 Å². The Kier molecular flexibility index (Phi) is 6.27. The highest BCUT2D eigenvalue weighted by Crippen LogP contribution is 2.26. The summed E-state index contributed by atoms with van der Waals surface area (Å²) >= 11 is 3.64. The van der Waals surface area contributed by atoms with E-state index in [0.717, 1.165) is 29.6 Å². The lowest BCUT2D eigenvalue weighted by Gasteiger charge is -2.20. The molecule has 3 heteroatoms. The van der Waals surface area contributed by atoms with Gasteiger partial charge in [0.05, 0.1) is 7.11 Å². The van der Waals surface area contributed by atoms with Gasteiger partial charge >= 0.3 is 0 Å². The van der Waals surface area contributed by atoms with Crippen molar-refractivity contribution < 1.29 is 4.74 Å². The first-order valence-corrected chi connectivity index (χ1v) is 8.14. The maximum Gasteiger partial charge on any atom is 0.119 e. The Morgan fingerprint density at radius 2 is 1.95 bits per heavy atom. The second-order valence-electron chi connectivity index (χ2n) is 5.08. The monoisotopic (exact) mass is 347 g/mol. The third-order valence-electron chi connectivity index (χ3n) is 3.52. The fourth-order valence-corrected chi connectivity index (χ4v) is 2.82. The molecule has 21 heavy (non-hydrogen) atoms. The van der Waals surface area contributed by atoms with Crippen LogP contribution in [0.2, 0.25) is 0 Å². The molecule has 2 rings (SSSR count). The summed E-state index contributed by atoms with van der Waals surface area (Å²) in [5, 5.41) is 3.64. The normalized spacial score (nSPS) is 12.1. The lowest BCUT2D eigenvalue weighted by Crippen LogP contribution is -2.24. The second-order valence-corrected chi connectivity index (χ2v) is 5.93. The van der Waals surface area contributed by atoms with E-state index in [9.17, 15) is 0 Å². The molecule has 1 atom stereocenters. The predicted molar refractivity (Wildman–Crippen MR) is 91.9 cm³/mol. The molecule has 0 bridgehead atoms. The lowest BCUT2D eigenvalue weighted by atomic mass is 9.98. The average Bonchev–Trinajstić information content (AvgIpc) is 2.53. The van der Waals surface area contributed by atoms with Crippen molar-refractivity contribution in [3.8, 4) is 5.75 Å². The zero-order valence-electron chi connectivity index (χ0n) is 12.6. The van der Waals surface area contributed by atoms with Crippen LogP contribution < -0.4 is 10.1 Å². The molecule has 112 valence electrons. The molecule has 0 heterocycles. The molecule has 2 aromatic rings. The van der Waals surface area contributed by atoms with Gasteiger partial charge in [-0.2, -0.15) is 0 Å². The van der Waals surface area contributed by atoms with Crippen LogP contribution in [0, 0.1) is 0 Å². The Hall–Kier alpha value is -1.32. The van der Waals surface area contributed by atoms with E-state index in [0.29, 0.717) is 6.04 Å². The van der Waals surface area contributed by atoms with E-state index in [1.807, 2.05) is 12.1 Å². The van der Waals surface area contributed by atoms with Gasteiger partial charge in [-0.3, -0.25) is 0 Å². The molecule has 0 aliphatic carbocycles. The van der Waals surface area contributed by atoms with Crippen molar-refractivity contribution in [1.82, 2.24) is 5.32 Å². The molecule has 0 fully saturated rings. The maximum atomic E-state index is 5.35. The largest absolute Gasteiger partial charge is 0.497 e. The fourth-order valence-electron chi connectivity index (χ4n) is 2.37. The highest BCUT2D eigenvalue weighted by atomic mass is 79.9. The molecular weight excluding hydrogens is 326 g/mol. The first-order valence-electron chi connectivity index (χ1n) is 7.35. The van der Waals surface area contributed by atoms with Crippen molar-refractivity contribution >= 4 is 15.9 Å². The maximum absolute atomic E-state index is 5.35. The second kappa shape index (κ2) is 8.20. The van der Waals surface area contributed by atoms with Crippen LogP contribution in [0.5, 0.6) is 5.75 Å². The Balaban J connectivity index is 2.23. The van der Waals surface area contributed by atoms with Gasteiger partial charge < -0.3 is 10.1 Å². The summed E-state index contributed by atoms with van der Waals surface area (Å²) in [6, 6.07) is 17.0. The molecule has 2 aromatic carbocycles. The molecule has 0 aliphatic rings. The third kappa shape index (κ3) is 4.58. The Labute approximate surface area is 135 Å². The first-order chi connectivity index (χ1) is 10.2. The SMILES string of the molecule is CCCNC(Cc1ccccc1Br)c1cccc(OC)c1. The van der Waals surface area contributed by atoms with Crippen molar-refractivity contribution in [1.29, 1.82) is 0 Å². The Bertz CT molecular complexity index is 571. The highest BCUT2D eigenvalue weighted by molar-refractivity contribution is 9.10. The van der Waals surface area contributed by atoms with Gasteiger partial charge in [-0.15, -0.1) is 0 Å². The summed E-state index contributed by atoms with van der Waals surface area (Å²) in [5.41, 5.74) is 2.58. The van der Waals surface area contributed by atoms with Crippen molar-refractivity contribution in [3.05, 3.63) is 64.1 Å². The van der Waals surface area contributed by atoms with Gasteiger partial charge in [-0.1, -0.05) is 53.2 Å². The van der Waals surface area contributed by atoms with Gasteiger partial charge in [-0.05, 0) is 48.7 Å². The third-order valence-corrected chi connectivity index (χ3v) is 4.29. The van der Waals surface area contributed by atoms with Gasteiger partial charge in [-0.25, -0.2) is 0 Å². The minimum Gasteiger partial charge on any atom is -0.497 e. The van der Waals surface area contributed by atoms with E-state index in [4.69, 9.17) is 4.74 Å². The van der Waals surface area contributed by atoms with Crippen LogP contribution in [0.25, 0.3) is 0 Å². The number of hydrogen-bond donors (Lipinski definition) is 1. The van der Waals surface area contributed by atoms with Gasteiger partial charge in [0.1, 0.15) is 5.75 Å². The molecule has 2 nitrogen and oxygen atoms in total. The molecule has 0 saturated heterocycles. The molecule has 0 saturated carbocycles. The van der Waals surface area contributed by atoms with E-state index >= 15 is 0 Å². The standard InChI is InChI=1S/C18H22BrNO/c1-3-11-20-18(13-14-7-4-5-10-17(14)19)15-8-6-9-16(12-15)21-2/h4-10,12,18,20H,3,11,13H2,1-2H3. The number of hydrogen-bond acceptors (Lipinski definition) is 2. The van der Waals surface area contributed by atoms with Crippen molar-refractivity contribution in [3.63, 3.8) is 0 Å². The summed E-state index contributed by atoms with van der Waals surface area (Å²) in [6.07, 6.45) is 2.07. The van der Waals surface area contributed by atoms with Crippen molar-refractivity contribution in [2.75, 3.05) is 13.7 Å². The van der Waals surface area contributed by atoms with Crippen LogP contribution in [0.15, 0.2) is 53.0 Å². The quantitative estimate of drug-likeness (QED) is 0.780. The topological polar surface area (TPSA) is 21.3 Å². The average molecular weight is 348 g/mol. The first kappa shape index (κ1) is 16.1. The summed E-state index contributed by atoms with van der Waals surface area (Å²) < 4.78 is 6.51. The van der Waals surface area contributed by atoms with Gasteiger partial charge in [0.15, 0.2) is 0 Å². The molecule has 0 aromatic heterocycles. The van der Waals surface area contributed by atoms with E-state index in [2.05, 4.69) is 64.6 Å². The Morgan fingerprint density at radius 3 is 2.67 bits per heavy atom. The number of nitrogens with one attached hydrogen (secondary N) is 1. The predicted octanol–water partition coefficient (Wildman–Crippen LogP) is 4.74. The number of methoxy groups -OCH3 is 1. The number of ether oxygens (including phenoxy) is 1. The minimum absolute atomic E-state index is 0.291. The van der Waals surface area contributed by atoms with Crippen LogP contribution in [0.4, 0.5) is 0 Å². The van der Waals surface area contributed by atoms with Crippen molar-refractivity contribution in [2.45, 2.75) is 25.8 Å². The highest BCUT2D eigenvalue weighted by Gasteiger charge is 2.13. The molecule has 0 spiro atoms. The van der Waals surface area contributed by atoms with Gasteiger partial charge in [0.2, 0.25) is 0 Å². The molecular formula is C18H22BrNO. The van der Waals surface area contributed by atoms with Crippen LogP contribution in [0.3, 0.4) is 0 Å². The number of halogens is 1. The summed E-state index contributed by atoms with van der Waals surface area (Å²) in [7, 11) is 1.71. The molecule has 1 unspecified atom stereocenters. The zero-order chi connectivity index (χ0) is 15.1. The summed E-state index contributed by atoms with van der Waals surface area (Å²) in [5.74, 6) is 0.905. The van der Waals surface area contributed by atoms with Crippen molar-refractivity contribution in [2.24, 2.45) is 0 Å². The lowest BCUT2D eigenvalue weighted by molar-refractivity contribution is 0.412. The molecule has 1 N–H and O–H groups in total. The van der Waals surface area contributed by atoms with E-state index in [-0.39, 0.29) is 0 Å². The van der Waals surface area contributed by atoms with Gasteiger partial charge in [0.25, 0.3) is 0 Å². The van der Waals surface area contributed by atoms with E-state index < -0.39 is 0 Å². The molecule has 0 radical (unpaired) electrons. The smallest absolute Gasteiger partial charge is 0.119 e. The van der Waals surface area contributed by atoms with Gasteiger partial charge in [0, 0.05) is 10.5 Å². The summed E-state index contributed by atoms with van der Waals surface area (Å²) in [6.45, 7) is 3.19.